The molecule has 1 aromatic carbocycles. The highest BCUT2D eigenvalue weighted by atomic mass is 15.4. The van der Waals surface area contributed by atoms with E-state index in [-0.39, 0.29) is 0 Å². The molecule has 5 heteroatoms. The number of aryl methyl sites for hydroxylation is 1. The normalized spacial score (nSPS) is 15.4. The maximum absolute atomic E-state index is 4.78. The summed E-state index contributed by atoms with van der Waals surface area (Å²) in [6, 6.07) is 12.4. The van der Waals surface area contributed by atoms with Gasteiger partial charge in [-0.05, 0) is 38.3 Å². The van der Waals surface area contributed by atoms with Crippen molar-refractivity contribution in [2.45, 2.75) is 26.2 Å². The van der Waals surface area contributed by atoms with E-state index >= 15 is 0 Å². The second-order valence-corrected chi connectivity index (χ2v) is 5.90. The van der Waals surface area contributed by atoms with Gasteiger partial charge in [0.25, 0.3) is 0 Å². The Morgan fingerprint density at radius 1 is 0.864 bits per heavy atom. The fourth-order valence-corrected chi connectivity index (χ4v) is 2.95. The first kappa shape index (κ1) is 13.2. The van der Waals surface area contributed by atoms with Crippen LogP contribution in [0.2, 0.25) is 0 Å². The monoisotopic (exact) mass is 293 g/mol. The molecule has 1 aliphatic heterocycles. The van der Waals surface area contributed by atoms with Crippen LogP contribution in [0.15, 0.2) is 36.4 Å². The molecule has 0 bridgehead atoms. The van der Waals surface area contributed by atoms with E-state index < -0.39 is 0 Å². The Morgan fingerprint density at radius 2 is 1.64 bits per heavy atom. The first-order chi connectivity index (χ1) is 10.8. The molecule has 0 N–H and O–H groups in total. The van der Waals surface area contributed by atoms with Crippen LogP contribution in [0.4, 0.5) is 5.82 Å². The van der Waals surface area contributed by atoms with Gasteiger partial charge in [0, 0.05) is 18.7 Å². The molecule has 0 aliphatic carbocycles. The third kappa shape index (κ3) is 2.32. The molecule has 0 radical (unpaired) electrons. The van der Waals surface area contributed by atoms with Gasteiger partial charge < -0.3 is 4.90 Å². The fraction of sp³-hybridized carbons (Fsp3) is 0.353. The molecule has 2 aromatic heterocycles. The van der Waals surface area contributed by atoms with Crippen molar-refractivity contribution in [1.82, 2.24) is 19.8 Å². The maximum atomic E-state index is 4.78. The molecular weight excluding hydrogens is 274 g/mol. The van der Waals surface area contributed by atoms with Crippen molar-refractivity contribution in [3.63, 3.8) is 0 Å². The van der Waals surface area contributed by atoms with Crippen LogP contribution in [-0.2, 0) is 0 Å². The lowest BCUT2D eigenvalue weighted by Gasteiger charge is -2.27. The fourth-order valence-electron chi connectivity index (χ4n) is 2.95. The predicted octanol–water partition coefficient (Wildman–Crippen LogP) is 3.09. The maximum Gasteiger partial charge on any atom is 0.185 e. The van der Waals surface area contributed by atoms with Gasteiger partial charge in [-0.3, -0.25) is 0 Å². The molecule has 3 aromatic rings. The number of hydrogen-bond acceptors (Lipinski definition) is 4. The molecule has 0 unspecified atom stereocenters. The van der Waals surface area contributed by atoms with Gasteiger partial charge in [-0.1, -0.05) is 29.8 Å². The number of aromatic nitrogens is 4. The largest absolute Gasteiger partial charge is 0.355 e. The zero-order chi connectivity index (χ0) is 14.9. The Labute approximate surface area is 129 Å². The van der Waals surface area contributed by atoms with E-state index in [1.54, 1.807) is 0 Å². The summed E-state index contributed by atoms with van der Waals surface area (Å²) in [5.74, 6) is 1.81. The molecule has 112 valence electrons. The van der Waals surface area contributed by atoms with E-state index in [9.17, 15) is 0 Å². The minimum Gasteiger partial charge on any atom is -0.355 e. The van der Waals surface area contributed by atoms with Crippen LogP contribution in [0.25, 0.3) is 17.0 Å². The summed E-state index contributed by atoms with van der Waals surface area (Å²) in [6.07, 6.45) is 3.80. The number of piperidine rings is 1. The van der Waals surface area contributed by atoms with Crippen molar-refractivity contribution in [1.29, 1.82) is 0 Å². The van der Waals surface area contributed by atoms with Gasteiger partial charge in [-0.15, -0.1) is 15.3 Å². The third-order valence-corrected chi connectivity index (χ3v) is 4.24. The van der Waals surface area contributed by atoms with E-state index in [1.807, 2.05) is 16.6 Å². The quantitative estimate of drug-likeness (QED) is 0.728. The summed E-state index contributed by atoms with van der Waals surface area (Å²) in [5.41, 5.74) is 3.07. The van der Waals surface area contributed by atoms with Gasteiger partial charge in [0.1, 0.15) is 5.82 Å². The van der Waals surface area contributed by atoms with E-state index in [1.165, 1.54) is 24.8 Å². The first-order valence-corrected chi connectivity index (χ1v) is 7.86. The van der Waals surface area contributed by atoms with Crippen LogP contribution in [0.5, 0.6) is 0 Å². The third-order valence-electron chi connectivity index (χ3n) is 4.24. The number of fused-ring (bicyclic) bond motifs is 1. The molecule has 0 atom stereocenters. The second-order valence-electron chi connectivity index (χ2n) is 5.90. The van der Waals surface area contributed by atoms with Gasteiger partial charge in [0.15, 0.2) is 11.5 Å². The Balaban J connectivity index is 1.77. The van der Waals surface area contributed by atoms with Crippen molar-refractivity contribution in [2.75, 3.05) is 18.0 Å². The molecule has 3 heterocycles. The van der Waals surface area contributed by atoms with Gasteiger partial charge in [-0.25, -0.2) is 0 Å². The standard InChI is InChI=1S/C17H19N5/c1-13-5-7-14(8-6-13)17-19-18-15-9-10-16(20-22(15)17)21-11-3-2-4-12-21/h5-10H,2-4,11-12H2,1H3. The van der Waals surface area contributed by atoms with Crippen LogP contribution >= 0.6 is 0 Å². The lowest BCUT2D eigenvalue weighted by Crippen LogP contribution is -2.30. The Bertz CT molecular complexity index is 784. The highest BCUT2D eigenvalue weighted by Gasteiger charge is 2.15. The SMILES string of the molecule is Cc1ccc(-c2nnc3ccc(N4CCCCC4)nn23)cc1. The van der Waals surface area contributed by atoms with Crippen LogP contribution in [0.1, 0.15) is 24.8 Å². The summed E-state index contributed by atoms with van der Waals surface area (Å²) in [7, 11) is 0. The van der Waals surface area contributed by atoms with E-state index in [4.69, 9.17) is 5.10 Å². The number of rotatable bonds is 2. The van der Waals surface area contributed by atoms with E-state index in [0.29, 0.717) is 0 Å². The lowest BCUT2D eigenvalue weighted by molar-refractivity contribution is 0.570. The summed E-state index contributed by atoms with van der Waals surface area (Å²) in [5, 5.41) is 13.3. The zero-order valence-electron chi connectivity index (χ0n) is 12.7. The van der Waals surface area contributed by atoms with E-state index in [2.05, 4.69) is 46.3 Å². The number of hydrogen-bond donors (Lipinski definition) is 0. The molecule has 4 rings (SSSR count). The average Bonchev–Trinajstić information content (AvgIpc) is 2.99. The minimum atomic E-state index is 0.788. The van der Waals surface area contributed by atoms with Gasteiger partial charge in [0.05, 0.1) is 0 Å². The van der Waals surface area contributed by atoms with E-state index in [0.717, 1.165) is 35.9 Å². The Kier molecular flexibility index (Phi) is 3.25. The summed E-state index contributed by atoms with van der Waals surface area (Å²) in [4.78, 5) is 2.35. The van der Waals surface area contributed by atoms with Crippen molar-refractivity contribution in [3.05, 3.63) is 42.0 Å². The van der Waals surface area contributed by atoms with Gasteiger partial charge >= 0.3 is 0 Å². The van der Waals surface area contributed by atoms with Crippen LogP contribution in [0.3, 0.4) is 0 Å². The zero-order valence-corrected chi connectivity index (χ0v) is 12.7. The summed E-state index contributed by atoms with van der Waals surface area (Å²) in [6.45, 7) is 4.25. The molecule has 0 saturated carbocycles. The Morgan fingerprint density at radius 3 is 2.41 bits per heavy atom. The minimum absolute atomic E-state index is 0.788. The molecule has 1 aliphatic rings. The van der Waals surface area contributed by atoms with Crippen LogP contribution in [0, 0.1) is 6.92 Å². The predicted molar refractivity (Wildman–Crippen MR) is 87.0 cm³/mol. The van der Waals surface area contributed by atoms with Crippen LogP contribution < -0.4 is 4.90 Å². The number of anilines is 1. The first-order valence-electron chi connectivity index (χ1n) is 7.86. The molecule has 0 amide bonds. The molecule has 22 heavy (non-hydrogen) atoms. The average molecular weight is 293 g/mol. The topological polar surface area (TPSA) is 46.3 Å². The smallest absolute Gasteiger partial charge is 0.185 e. The number of nitrogens with zero attached hydrogens (tertiary/aromatic N) is 5. The molecular formula is C17H19N5. The molecule has 1 fully saturated rings. The van der Waals surface area contributed by atoms with Gasteiger partial charge in [0.2, 0.25) is 0 Å². The lowest BCUT2D eigenvalue weighted by atomic mass is 10.1. The van der Waals surface area contributed by atoms with Crippen molar-refractivity contribution >= 4 is 11.5 Å². The van der Waals surface area contributed by atoms with Crippen LogP contribution in [-0.4, -0.2) is 32.9 Å². The molecule has 5 nitrogen and oxygen atoms in total. The number of benzene rings is 1. The van der Waals surface area contributed by atoms with Crippen molar-refractivity contribution < 1.29 is 0 Å². The summed E-state index contributed by atoms with van der Waals surface area (Å²) < 4.78 is 1.86. The summed E-state index contributed by atoms with van der Waals surface area (Å²) >= 11 is 0. The highest BCUT2D eigenvalue weighted by Crippen LogP contribution is 2.21. The van der Waals surface area contributed by atoms with Crippen molar-refractivity contribution in [2.24, 2.45) is 0 Å². The molecule has 1 saturated heterocycles. The Hall–Kier alpha value is -2.43. The van der Waals surface area contributed by atoms with Crippen molar-refractivity contribution in [3.8, 4) is 11.4 Å². The molecule has 0 spiro atoms. The van der Waals surface area contributed by atoms with Gasteiger partial charge in [-0.2, -0.15) is 4.52 Å². The highest BCUT2D eigenvalue weighted by molar-refractivity contribution is 5.60. The second kappa shape index (κ2) is 5.40.